The van der Waals surface area contributed by atoms with Crippen molar-refractivity contribution in [3.05, 3.63) is 58.7 Å². The minimum atomic E-state index is -0.655. The Morgan fingerprint density at radius 2 is 1.35 bits per heavy atom. The molecule has 0 N–H and O–H groups in total. The number of hydrogen-bond acceptors (Lipinski definition) is 6. The number of carbonyl (C=O) groups is 3. The van der Waals surface area contributed by atoms with E-state index in [1.165, 1.54) is 6.08 Å². The van der Waals surface area contributed by atoms with Gasteiger partial charge in [0.25, 0.3) is 0 Å². The lowest BCUT2D eigenvalue weighted by atomic mass is 9.94. The van der Waals surface area contributed by atoms with Crippen LogP contribution >= 0.6 is 0 Å². The van der Waals surface area contributed by atoms with Gasteiger partial charge in [-0.3, -0.25) is 14.4 Å². The summed E-state index contributed by atoms with van der Waals surface area (Å²) in [6.45, 7) is 18.9. The zero-order chi connectivity index (χ0) is 30.3. The molecule has 0 heterocycles. The van der Waals surface area contributed by atoms with Gasteiger partial charge in [0.05, 0.1) is 16.9 Å². The van der Waals surface area contributed by atoms with Gasteiger partial charge in [0.2, 0.25) is 0 Å². The second kappa shape index (κ2) is 13.8. The van der Waals surface area contributed by atoms with Crippen molar-refractivity contribution in [2.45, 2.75) is 101 Å². The van der Waals surface area contributed by atoms with E-state index in [2.05, 4.69) is 13.8 Å². The monoisotopic (exact) mass is 550 g/mol. The molecule has 2 rings (SSSR count). The van der Waals surface area contributed by atoms with Crippen LogP contribution in [0.5, 0.6) is 17.2 Å². The number of carbonyl (C=O) groups excluding carboxylic acids is 3. The molecule has 0 saturated heterocycles. The third-order valence-electron chi connectivity index (χ3n) is 5.99. The fraction of sp³-hybridized carbons (Fsp3) is 0.500. The summed E-state index contributed by atoms with van der Waals surface area (Å²) in [5, 5.41) is 0. The molecule has 0 amide bonds. The molecule has 0 aliphatic heterocycles. The predicted octanol–water partition coefficient (Wildman–Crippen LogP) is 8.18. The molecule has 0 aromatic heterocycles. The van der Waals surface area contributed by atoms with Crippen molar-refractivity contribution < 1.29 is 28.6 Å². The van der Waals surface area contributed by atoms with Crippen LogP contribution in [0.4, 0.5) is 0 Å². The Labute approximate surface area is 240 Å². The van der Waals surface area contributed by atoms with Crippen LogP contribution in [0.2, 0.25) is 0 Å². The lowest BCUT2D eigenvalue weighted by molar-refractivity contribution is -0.143. The zero-order valence-corrected chi connectivity index (χ0v) is 25.9. The average Bonchev–Trinajstić information content (AvgIpc) is 2.85. The van der Waals surface area contributed by atoms with E-state index in [4.69, 9.17) is 14.2 Å². The van der Waals surface area contributed by atoms with Crippen LogP contribution in [0.1, 0.15) is 109 Å². The summed E-state index contributed by atoms with van der Waals surface area (Å²) < 4.78 is 17.7. The maximum atomic E-state index is 13.1. The topological polar surface area (TPSA) is 78.9 Å². The first-order valence-corrected chi connectivity index (χ1v) is 14.2. The molecule has 0 radical (unpaired) electrons. The summed E-state index contributed by atoms with van der Waals surface area (Å²) in [7, 11) is 0. The molecule has 0 aliphatic rings. The van der Waals surface area contributed by atoms with Crippen LogP contribution in [0, 0.1) is 10.8 Å². The Balaban J connectivity index is 2.51. The minimum absolute atomic E-state index is 0.120. The summed E-state index contributed by atoms with van der Waals surface area (Å²) in [6, 6.07) is 8.49. The summed E-state index contributed by atoms with van der Waals surface area (Å²) in [6.07, 6.45) is 6.24. The Bertz CT molecular complexity index is 1220. The molecule has 40 heavy (non-hydrogen) atoms. The van der Waals surface area contributed by atoms with Crippen molar-refractivity contribution in [1.82, 2.24) is 0 Å². The number of ether oxygens (including phenoxy) is 3. The van der Waals surface area contributed by atoms with Crippen LogP contribution in [-0.4, -0.2) is 23.8 Å². The summed E-state index contributed by atoms with van der Waals surface area (Å²) >= 11 is 0. The molecule has 0 bridgehead atoms. The van der Waals surface area contributed by atoms with Gasteiger partial charge in [0.1, 0.15) is 17.2 Å². The van der Waals surface area contributed by atoms with Crippen molar-refractivity contribution in [1.29, 1.82) is 0 Å². The Hall–Kier alpha value is -3.41. The van der Waals surface area contributed by atoms with Gasteiger partial charge in [-0.25, -0.2) is 0 Å². The van der Waals surface area contributed by atoms with E-state index < -0.39 is 10.8 Å². The Kier molecular flexibility index (Phi) is 11.3. The first kappa shape index (κ1) is 32.8. The van der Waals surface area contributed by atoms with Crippen LogP contribution in [-0.2, 0) is 22.4 Å². The van der Waals surface area contributed by atoms with E-state index in [1.807, 2.05) is 40.7 Å². The van der Waals surface area contributed by atoms with Crippen molar-refractivity contribution in [2.75, 3.05) is 0 Å². The van der Waals surface area contributed by atoms with Gasteiger partial charge in [0, 0.05) is 16.7 Å². The van der Waals surface area contributed by atoms with Gasteiger partial charge in [0.15, 0.2) is 5.78 Å². The van der Waals surface area contributed by atoms with Crippen molar-refractivity contribution in [3.8, 4) is 17.2 Å². The van der Waals surface area contributed by atoms with E-state index >= 15 is 0 Å². The number of aryl methyl sites for hydroxylation is 1. The Morgan fingerprint density at radius 1 is 0.800 bits per heavy atom. The first-order chi connectivity index (χ1) is 18.6. The zero-order valence-electron chi connectivity index (χ0n) is 25.9. The van der Waals surface area contributed by atoms with Gasteiger partial charge in [-0.05, 0) is 116 Å². The number of rotatable bonds is 11. The highest BCUT2D eigenvalue weighted by molar-refractivity contribution is 6.07. The van der Waals surface area contributed by atoms with Crippen molar-refractivity contribution in [3.63, 3.8) is 0 Å². The van der Waals surface area contributed by atoms with Gasteiger partial charge in [-0.15, -0.1) is 0 Å². The summed E-state index contributed by atoms with van der Waals surface area (Å²) in [5.74, 6) is 0.757. The van der Waals surface area contributed by atoms with Crippen molar-refractivity contribution >= 4 is 23.8 Å². The highest BCUT2D eigenvalue weighted by Crippen LogP contribution is 2.40. The molecule has 0 spiro atoms. The largest absolute Gasteiger partial charge is 0.490 e. The minimum Gasteiger partial charge on any atom is -0.490 e. The molecule has 2 aromatic carbocycles. The quantitative estimate of drug-likeness (QED) is 0.121. The van der Waals surface area contributed by atoms with Crippen LogP contribution in [0.25, 0.3) is 6.08 Å². The first-order valence-electron chi connectivity index (χ1n) is 14.2. The lowest BCUT2D eigenvalue weighted by Crippen LogP contribution is -2.26. The van der Waals surface area contributed by atoms with E-state index in [1.54, 1.807) is 51.1 Å². The standard InChI is InChI=1S/C34H46O6/c1-11-13-24-21-25(17-20-28(35)23-15-18-26(19-16-23)39-31(36)33(5,6)7)29(38-22(3)4)27(14-12-2)30(24)40-32(37)34(8,9)10/h15-22H,11-14H2,1-10H3/b20-17+. The molecule has 0 fully saturated rings. The van der Waals surface area contributed by atoms with Gasteiger partial charge in [-0.2, -0.15) is 0 Å². The number of benzene rings is 2. The summed E-state index contributed by atoms with van der Waals surface area (Å²) in [5.41, 5.74) is 1.71. The lowest BCUT2D eigenvalue weighted by Gasteiger charge is -2.24. The van der Waals surface area contributed by atoms with Gasteiger partial charge >= 0.3 is 11.9 Å². The highest BCUT2D eigenvalue weighted by atomic mass is 16.5. The average molecular weight is 551 g/mol. The molecule has 2 aromatic rings. The molecule has 0 atom stereocenters. The van der Waals surface area contributed by atoms with E-state index in [0.717, 1.165) is 36.0 Å². The third kappa shape index (κ3) is 9.07. The summed E-state index contributed by atoms with van der Waals surface area (Å²) in [4.78, 5) is 38.2. The smallest absolute Gasteiger partial charge is 0.316 e. The predicted molar refractivity (Wildman–Crippen MR) is 160 cm³/mol. The third-order valence-corrected chi connectivity index (χ3v) is 5.99. The van der Waals surface area contributed by atoms with E-state index in [0.29, 0.717) is 29.2 Å². The second-order valence-corrected chi connectivity index (χ2v) is 12.4. The molecule has 6 heteroatoms. The highest BCUT2D eigenvalue weighted by Gasteiger charge is 2.28. The molecular formula is C34H46O6. The Morgan fingerprint density at radius 3 is 1.85 bits per heavy atom. The van der Waals surface area contributed by atoms with E-state index in [-0.39, 0.29) is 23.8 Å². The van der Waals surface area contributed by atoms with Crippen LogP contribution in [0.15, 0.2) is 36.4 Å². The van der Waals surface area contributed by atoms with Gasteiger partial charge in [-0.1, -0.05) is 26.7 Å². The van der Waals surface area contributed by atoms with Crippen LogP contribution < -0.4 is 14.2 Å². The molecule has 6 nitrogen and oxygen atoms in total. The SMILES string of the molecule is CCCc1cc(/C=C/C(=O)c2ccc(OC(=O)C(C)(C)C)cc2)c(OC(C)C)c(CCC)c1OC(=O)C(C)(C)C. The van der Waals surface area contributed by atoms with Crippen molar-refractivity contribution in [2.24, 2.45) is 10.8 Å². The fourth-order valence-corrected chi connectivity index (χ4v) is 3.80. The second-order valence-electron chi connectivity index (χ2n) is 12.4. The maximum absolute atomic E-state index is 13.1. The maximum Gasteiger partial charge on any atom is 0.316 e. The number of esters is 2. The molecule has 0 unspecified atom stereocenters. The number of ketones is 1. The molecule has 0 aliphatic carbocycles. The molecule has 218 valence electrons. The number of allylic oxidation sites excluding steroid dienone is 1. The van der Waals surface area contributed by atoms with E-state index in [9.17, 15) is 14.4 Å². The molecule has 0 saturated carbocycles. The van der Waals surface area contributed by atoms with Gasteiger partial charge < -0.3 is 14.2 Å². The molecular weight excluding hydrogens is 504 g/mol. The van der Waals surface area contributed by atoms with Crippen LogP contribution in [0.3, 0.4) is 0 Å². The normalized spacial score (nSPS) is 12.1. The fourth-order valence-electron chi connectivity index (χ4n) is 3.80. The number of hydrogen-bond donors (Lipinski definition) is 0.